The van der Waals surface area contributed by atoms with Crippen LogP contribution in [0.2, 0.25) is 10.0 Å². The van der Waals surface area contributed by atoms with E-state index in [2.05, 4.69) is 5.10 Å². The van der Waals surface area contributed by atoms with Gasteiger partial charge < -0.3 is 9.47 Å². The van der Waals surface area contributed by atoms with Gasteiger partial charge in [0, 0.05) is 15.6 Å². The highest BCUT2D eigenvalue weighted by Gasteiger charge is 2.22. The number of carbonyl (C=O) groups excluding carboxylic acids is 1. The van der Waals surface area contributed by atoms with Gasteiger partial charge in [0.15, 0.2) is 0 Å². The van der Waals surface area contributed by atoms with Crippen molar-refractivity contribution in [2.24, 2.45) is 0 Å². The number of halogens is 2. The topological polar surface area (TPSA) is 53.3 Å². The van der Waals surface area contributed by atoms with Crippen LogP contribution < -0.4 is 4.74 Å². The van der Waals surface area contributed by atoms with Gasteiger partial charge in [-0.25, -0.2) is 4.68 Å². The summed E-state index contributed by atoms with van der Waals surface area (Å²) < 4.78 is 12.9. The van der Waals surface area contributed by atoms with E-state index in [1.54, 1.807) is 29.8 Å². The maximum atomic E-state index is 11.9. The van der Waals surface area contributed by atoms with Crippen molar-refractivity contribution >= 4 is 29.2 Å². The molecule has 0 amide bonds. The lowest BCUT2D eigenvalue weighted by molar-refractivity contribution is -0.142. The third-order valence-corrected chi connectivity index (χ3v) is 3.99. The third-order valence-electron chi connectivity index (χ3n) is 3.55. The molecule has 0 fully saturated rings. The molecule has 0 atom stereocenters. The average Bonchev–Trinajstić information content (AvgIpc) is 2.83. The molecule has 0 bridgehead atoms. The van der Waals surface area contributed by atoms with Crippen LogP contribution in [0.3, 0.4) is 0 Å². The van der Waals surface area contributed by atoms with Gasteiger partial charge in [-0.1, -0.05) is 30.1 Å². The van der Waals surface area contributed by atoms with E-state index in [4.69, 9.17) is 32.7 Å². The normalized spacial score (nSPS) is 11.0. The van der Waals surface area contributed by atoms with Gasteiger partial charge in [0.05, 0.1) is 24.8 Å². The van der Waals surface area contributed by atoms with Crippen LogP contribution in [0.1, 0.15) is 45.0 Å². The molecule has 0 saturated heterocycles. The first-order chi connectivity index (χ1) is 11.8. The van der Waals surface area contributed by atoms with Crippen LogP contribution in [0.4, 0.5) is 0 Å². The highest BCUT2D eigenvalue weighted by molar-refractivity contribution is 6.34. The molecule has 0 aliphatic carbocycles. The first-order valence-corrected chi connectivity index (χ1v) is 9.01. The van der Waals surface area contributed by atoms with Crippen molar-refractivity contribution in [3.05, 3.63) is 39.5 Å². The molecule has 1 aromatic carbocycles. The number of hydrogen-bond donors (Lipinski definition) is 0. The molecule has 0 aliphatic heterocycles. The summed E-state index contributed by atoms with van der Waals surface area (Å²) in [4.78, 5) is 11.9. The number of hydrogen-bond acceptors (Lipinski definition) is 4. The Morgan fingerprint density at radius 1 is 1.20 bits per heavy atom. The maximum Gasteiger partial charge on any atom is 0.311 e. The van der Waals surface area contributed by atoms with Gasteiger partial charge in [0.1, 0.15) is 5.75 Å². The maximum absolute atomic E-state index is 11.9. The molecule has 136 valence electrons. The SMILES string of the molecule is CCOC(=O)Cc1nn(C(C)C)c(Oc2cc(Cl)cc(Cl)c2)c1CC. The number of benzene rings is 1. The summed E-state index contributed by atoms with van der Waals surface area (Å²) in [5, 5.41) is 5.55. The molecule has 0 unspecified atom stereocenters. The van der Waals surface area contributed by atoms with E-state index >= 15 is 0 Å². The van der Waals surface area contributed by atoms with Gasteiger partial charge in [-0.2, -0.15) is 5.10 Å². The molecule has 25 heavy (non-hydrogen) atoms. The minimum atomic E-state index is -0.303. The second-order valence-electron chi connectivity index (χ2n) is 5.81. The van der Waals surface area contributed by atoms with Gasteiger partial charge in [-0.15, -0.1) is 0 Å². The average molecular weight is 385 g/mol. The summed E-state index contributed by atoms with van der Waals surface area (Å²) >= 11 is 12.1. The number of aromatic nitrogens is 2. The number of ether oxygens (including phenoxy) is 2. The molecule has 5 nitrogen and oxygen atoms in total. The van der Waals surface area contributed by atoms with Crippen LogP contribution in [0.15, 0.2) is 18.2 Å². The van der Waals surface area contributed by atoms with E-state index in [-0.39, 0.29) is 18.4 Å². The van der Waals surface area contributed by atoms with Crippen molar-refractivity contribution in [3.63, 3.8) is 0 Å². The molecular weight excluding hydrogens is 363 g/mol. The van der Waals surface area contributed by atoms with Crippen molar-refractivity contribution in [1.82, 2.24) is 9.78 Å². The number of rotatable bonds is 7. The Bertz CT molecular complexity index is 737. The molecule has 0 N–H and O–H groups in total. The van der Waals surface area contributed by atoms with Gasteiger partial charge in [-0.3, -0.25) is 4.79 Å². The number of nitrogens with zero attached hydrogens (tertiary/aromatic N) is 2. The summed E-state index contributed by atoms with van der Waals surface area (Å²) in [7, 11) is 0. The first kappa shape index (κ1) is 19.6. The highest BCUT2D eigenvalue weighted by atomic mass is 35.5. The van der Waals surface area contributed by atoms with Crippen LogP contribution >= 0.6 is 23.2 Å². The van der Waals surface area contributed by atoms with E-state index in [9.17, 15) is 4.79 Å². The van der Waals surface area contributed by atoms with Crippen molar-refractivity contribution in [1.29, 1.82) is 0 Å². The van der Waals surface area contributed by atoms with Gasteiger partial charge in [0.2, 0.25) is 5.88 Å². The first-order valence-electron chi connectivity index (χ1n) is 8.25. The second kappa shape index (κ2) is 8.59. The van der Waals surface area contributed by atoms with E-state index in [0.29, 0.717) is 40.4 Å². The van der Waals surface area contributed by atoms with Crippen molar-refractivity contribution in [2.75, 3.05) is 6.61 Å². The van der Waals surface area contributed by atoms with Gasteiger partial charge >= 0.3 is 5.97 Å². The van der Waals surface area contributed by atoms with E-state index < -0.39 is 0 Å². The second-order valence-corrected chi connectivity index (χ2v) is 6.68. The third kappa shape index (κ3) is 4.89. The Balaban J connectivity index is 2.43. The van der Waals surface area contributed by atoms with E-state index in [0.717, 1.165) is 5.56 Å². The van der Waals surface area contributed by atoms with Crippen molar-refractivity contribution in [2.45, 2.75) is 46.6 Å². The lowest BCUT2D eigenvalue weighted by Gasteiger charge is -2.13. The smallest absolute Gasteiger partial charge is 0.311 e. The minimum Gasteiger partial charge on any atom is -0.466 e. The molecular formula is C18H22Cl2N2O3. The number of carbonyl (C=O) groups is 1. The molecule has 0 radical (unpaired) electrons. The molecule has 0 saturated carbocycles. The molecule has 0 spiro atoms. The minimum absolute atomic E-state index is 0.0610. The summed E-state index contributed by atoms with van der Waals surface area (Å²) in [6.07, 6.45) is 0.786. The lowest BCUT2D eigenvalue weighted by atomic mass is 10.1. The summed E-state index contributed by atoms with van der Waals surface area (Å²) in [5.74, 6) is 0.815. The zero-order valence-electron chi connectivity index (χ0n) is 14.8. The fourth-order valence-electron chi connectivity index (χ4n) is 2.50. The molecule has 1 aromatic heterocycles. The van der Waals surface area contributed by atoms with Crippen LogP contribution in [0, 0.1) is 0 Å². The summed E-state index contributed by atoms with van der Waals surface area (Å²) in [5.41, 5.74) is 1.54. The predicted octanol–water partition coefficient (Wildman–Crippen LogP) is 5.23. The van der Waals surface area contributed by atoms with E-state index in [1.165, 1.54) is 0 Å². The monoisotopic (exact) mass is 384 g/mol. The van der Waals surface area contributed by atoms with Crippen LogP contribution in [-0.4, -0.2) is 22.4 Å². The lowest BCUT2D eigenvalue weighted by Crippen LogP contribution is -2.10. The van der Waals surface area contributed by atoms with Gasteiger partial charge in [-0.05, 0) is 45.4 Å². The highest BCUT2D eigenvalue weighted by Crippen LogP contribution is 2.34. The van der Waals surface area contributed by atoms with Crippen molar-refractivity contribution in [3.8, 4) is 11.6 Å². The predicted molar refractivity (Wildman–Crippen MR) is 98.9 cm³/mol. The Kier molecular flexibility index (Phi) is 6.73. The quantitative estimate of drug-likeness (QED) is 0.613. The zero-order valence-corrected chi connectivity index (χ0v) is 16.3. The molecule has 2 rings (SSSR count). The van der Waals surface area contributed by atoms with Crippen LogP contribution in [0.5, 0.6) is 11.6 Å². The largest absolute Gasteiger partial charge is 0.466 e. The number of esters is 1. The molecule has 7 heteroatoms. The fraction of sp³-hybridized carbons (Fsp3) is 0.444. The molecule has 1 heterocycles. The summed E-state index contributed by atoms with van der Waals surface area (Å²) in [6.45, 7) is 8.11. The van der Waals surface area contributed by atoms with Crippen LogP contribution in [0.25, 0.3) is 0 Å². The van der Waals surface area contributed by atoms with Crippen molar-refractivity contribution < 1.29 is 14.3 Å². The zero-order chi connectivity index (χ0) is 18.6. The van der Waals surface area contributed by atoms with Gasteiger partial charge in [0.25, 0.3) is 0 Å². The van der Waals surface area contributed by atoms with E-state index in [1.807, 2.05) is 20.8 Å². The van der Waals surface area contributed by atoms with Crippen LogP contribution in [-0.2, 0) is 22.4 Å². The fourth-order valence-corrected chi connectivity index (χ4v) is 3.01. The molecule has 2 aromatic rings. The Labute approximate surface area is 157 Å². The standard InChI is InChI=1S/C18H22Cl2N2O3/c1-5-15-16(10-17(23)24-6-2)21-22(11(3)4)18(15)25-14-8-12(19)7-13(20)9-14/h7-9,11H,5-6,10H2,1-4H3. The molecule has 0 aliphatic rings. The summed E-state index contributed by atoms with van der Waals surface area (Å²) in [6, 6.07) is 5.08. The Hall–Kier alpha value is -1.72. The Morgan fingerprint density at radius 3 is 2.36 bits per heavy atom. The Morgan fingerprint density at radius 2 is 1.84 bits per heavy atom.